The lowest BCUT2D eigenvalue weighted by molar-refractivity contribution is -0.155. The van der Waals surface area contributed by atoms with E-state index < -0.39 is 6.10 Å². The summed E-state index contributed by atoms with van der Waals surface area (Å²) in [7, 11) is 0. The summed E-state index contributed by atoms with van der Waals surface area (Å²) in [5, 5.41) is 7.67. The molecule has 1 aromatic heterocycles. The van der Waals surface area contributed by atoms with Gasteiger partial charge >= 0.3 is 5.97 Å². The first-order valence-electron chi connectivity index (χ1n) is 11.1. The zero-order chi connectivity index (χ0) is 21.5. The Kier molecular flexibility index (Phi) is 7.66. The summed E-state index contributed by atoms with van der Waals surface area (Å²) in [5.41, 5.74) is 3.97. The largest absolute Gasteiger partial charge is 0.453 e. The van der Waals surface area contributed by atoms with E-state index in [0.29, 0.717) is 6.42 Å². The topological polar surface area (TPSA) is 73.2 Å². The fourth-order valence-corrected chi connectivity index (χ4v) is 4.14. The van der Waals surface area contributed by atoms with E-state index in [1.165, 1.54) is 12.8 Å². The lowest BCUT2D eigenvalue weighted by Crippen LogP contribution is -2.41. The van der Waals surface area contributed by atoms with Gasteiger partial charge in [0.25, 0.3) is 5.91 Å². The third kappa shape index (κ3) is 5.71. The molecule has 3 rings (SSSR count). The second kappa shape index (κ2) is 10.4. The number of carbonyl (C=O) groups is 2. The number of nitrogens with zero attached hydrogens (tertiary/aromatic N) is 2. The van der Waals surface area contributed by atoms with Crippen molar-refractivity contribution in [3.63, 3.8) is 0 Å². The van der Waals surface area contributed by atoms with E-state index in [9.17, 15) is 9.59 Å². The highest BCUT2D eigenvalue weighted by molar-refractivity contribution is 5.83. The molecule has 1 N–H and O–H groups in total. The van der Waals surface area contributed by atoms with Gasteiger partial charge in [-0.25, -0.2) is 4.68 Å². The summed E-state index contributed by atoms with van der Waals surface area (Å²) >= 11 is 0. The van der Waals surface area contributed by atoms with Gasteiger partial charge in [-0.1, -0.05) is 43.9 Å². The number of esters is 1. The van der Waals surface area contributed by atoms with E-state index in [4.69, 9.17) is 4.74 Å². The molecule has 1 heterocycles. The minimum absolute atomic E-state index is 0.195. The molecule has 6 heteroatoms. The van der Waals surface area contributed by atoms with Gasteiger partial charge in [0.15, 0.2) is 6.10 Å². The molecule has 6 nitrogen and oxygen atoms in total. The first-order chi connectivity index (χ1) is 14.5. The van der Waals surface area contributed by atoms with Crippen molar-refractivity contribution in [1.29, 1.82) is 0 Å². The standard InChI is InChI=1S/C24H33N3O3/c1-17-22(18(2)27(26-17)21-13-9-6-10-14-21)15-16-23(28)30-19(3)24(29)25-20-11-7-4-5-8-12-20/h6,9-10,13-14,19-20H,4-5,7-8,11-12,15-16H2,1-3H3,(H,25,29)/t19-/m0/s1. The monoisotopic (exact) mass is 411 g/mol. The average Bonchev–Trinajstić information content (AvgIpc) is 2.89. The van der Waals surface area contributed by atoms with Gasteiger partial charge in [-0.05, 0) is 57.7 Å². The number of nitrogens with one attached hydrogen (secondary N) is 1. The Labute approximate surface area is 179 Å². The van der Waals surface area contributed by atoms with E-state index in [1.807, 2.05) is 48.9 Å². The number of carbonyl (C=O) groups excluding carboxylic acids is 2. The lowest BCUT2D eigenvalue weighted by atomic mass is 10.1. The number of hydrogen-bond donors (Lipinski definition) is 1. The number of amides is 1. The van der Waals surface area contributed by atoms with Gasteiger partial charge in [-0.3, -0.25) is 9.59 Å². The van der Waals surface area contributed by atoms with E-state index in [0.717, 1.165) is 48.3 Å². The molecule has 1 aliphatic rings. The van der Waals surface area contributed by atoms with E-state index in [1.54, 1.807) is 6.92 Å². The van der Waals surface area contributed by atoms with Crippen molar-refractivity contribution in [1.82, 2.24) is 15.1 Å². The highest BCUT2D eigenvalue weighted by atomic mass is 16.5. The Morgan fingerprint density at radius 1 is 1.13 bits per heavy atom. The van der Waals surface area contributed by atoms with Crippen molar-refractivity contribution in [3.8, 4) is 5.69 Å². The van der Waals surface area contributed by atoms with E-state index in [2.05, 4.69) is 10.4 Å². The molecule has 0 radical (unpaired) electrons. The van der Waals surface area contributed by atoms with Crippen molar-refractivity contribution in [2.75, 3.05) is 0 Å². The predicted octanol–water partition coefficient (Wildman–Crippen LogP) is 4.19. The van der Waals surface area contributed by atoms with Gasteiger partial charge in [-0.2, -0.15) is 5.10 Å². The fourth-order valence-electron chi connectivity index (χ4n) is 4.14. The second-order valence-corrected chi connectivity index (χ2v) is 8.23. The Balaban J connectivity index is 1.52. The minimum atomic E-state index is -0.769. The second-order valence-electron chi connectivity index (χ2n) is 8.23. The Morgan fingerprint density at radius 2 is 1.80 bits per heavy atom. The normalized spacial score (nSPS) is 16.0. The molecule has 1 saturated carbocycles. The quantitative estimate of drug-likeness (QED) is 0.548. The van der Waals surface area contributed by atoms with Crippen LogP contribution in [0.3, 0.4) is 0 Å². The molecule has 1 aliphatic carbocycles. The minimum Gasteiger partial charge on any atom is -0.453 e. The molecule has 0 aliphatic heterocycles. The molecule has 0 bridgehead atoms. The van der Waals surface area contributed by atoms with Crippen LogP contribution >= 0.6 is 0 Å². The number of rotatable bonds is 7. The van der Waals surface area contributed by atoms with Crippen LogP contribution in [0.25, 0.3) is 5.69 Å². The van der Waals surface area contributed by atoms with Crippen LogP contribution in [0.4, 0.5) is 0 Å². The van der Waals surface area contributed by atoms with Gasteiger partial charge in [0, 0.05) is 18.2 Å². The van der Waals surface area contributed by atoms with Gasteiger partial charge in [-0.15, -0.1) is 0 Å². The summed E-state index contributed by atoms with van der Waals surface area (Å²) < 4.78 is 7.30. The molecule has 162 valence electrons. The number of benzene rings is 1. The molecule has 1 fully saturated rings. The summed E-state index contributed by atoms with van der Waals surface area (Å²) in [5.74, 6) is -0.552. The SMILES string of the molecule is Cc1nn(-c2ccccc2)c(C)c1CCC(=O)O[C@@H](C)C(=O)NC1CCCCCC1. The van der Waals surface area contributed by atoms with Gasteiger partial charge < -0.3 is 10.1 Å². The molecule has 30 heavy (non-hydrogen) atoms. The smallest absolute Gasteiger partial charge is 0.306 e. The van der Waals surface area contributed by atoms with Crippen molar-refractivity contribution >= 4 is 11.9 Å². The van der Waals surface area contributed by atoms with Crippen molar-refractivity contribution in [2.24, 2.45) is 0 Å². The zero-order valence-corrected chi connectivity index (χ0v) is 18.3. The predicted molar refractivity (Wildman–Crippen MR) is 117 cm³/mol. The van der Waals surface area contributed by atoms with Crippen LogP contribution in [-0.2, 0) is 20.7 Å². The van der Waals surface area contributed by atoms with Crippen LogP contribution in [-0.4, -0.2) is 33.8 Å². The summed E-state index contributed by atoms with van der Waals surface area (Å²) in [6.07, 6.45) is 6.78. The highest BCUT2D eigenvalue weighted by Gasteiger charge is 2.22. The van der Waals surface area contributed by atoms with E-state index >= 15 is 0 Å². The lowest BCUT2D eigenvalue weighted by Gasteiger charge is -2.19. The molecule has 1 amide bonds. The van der Waals surface area contributed by atoms with Crippen LogP contribution in [0.15, 0.2) is 30.3 Å². The number of aryl methyl sites for hydroxylation is 1. The highest BCUT2D eigenvalue weighted by Crippen LogP contribution is 2.20. The summed E-state index contributed by atoms with van der Waals surface area (Å²) in [4.78, 5) is 24.7. The van der Waals surface area contributed by atoms with Crippen LogP contribution in [0.1, 0.15) is 68.8 Å². The van der Waals surface area contributed by atoms with Gasteiger partial charge in [0.05, 0.1) is 11.4 Å². The molecular weight excluding hydrogens is 378 g/mol. The van der Waals surface area contributed by atoms with E-state index in [-0.39, 0.29) is 24.3 Å². The molecular formula is C24H33N3O3. The Bertz CT molecular complexity index is 852. The van der Waals surface area contributed by atoms with Crippen molar-refractivity contribution < 1.29 is 14.3 Å². The van der Waals surface area contributed by atoms with Crippen molar-refractivity contribution in [2.45, 2.75) is 84.3 Å². The molecule has 2 aromatic rings. The first-order valence-corrected chi connectivity index (χ1v) is 11.1. The number of ether oxygens (including phenoxy) is 1. The Hall–Kier alpha value is -2.63. The number of para-hydroxylation sites is 1. The Morgan fingerprint density at radius 3 is 2.47 bits per heavy atom. The van der Waals surface area contributed by atoms with Crippen molar-refractivity contribution in [3.05, 3.63) is 47.3 Å². The molecule has 1 aromatic carbocycles. The van der Waals surface area contributed by atoms with Crippen LogP contribution < -0.4 is 5.32 Å². The average molecular weight is 412 g/mol. The maximum absolute atomic E-state index is 12.4. The van der Waals surface area contributed by atoms with Gasteiger partial charge in [0.2, 0.25) is 0 Å². The maximum atomic E-state index is 12.4. The fraction of sp³-hybridized carbons (Fsp3) is 0.542. The van der Waals surface area contributed by atoms with Crippen LogP contribution in [0.5, 0.6) is 0 Å². The third-order valence-corrected chi connectivity index (χ3v) is 5.90. The van der Waals surface area contributed by atoms with Crippen LogP contribution in [0.2, 0.25) is 0 Å². The van der Waals surface area contributed by atoms with Crippen LogP contribution in [0, 0.1) is 13.8 Å². The maximum Gasteiger partial charge on any atom is 0.306 e. The summed E-state index contributed by atoms with van der Waals surface area (Å²) in [6, 6.07) is 10.1. The molecule has 0 unspecified atom stereocenters. The third-order valence-electron chi connectivity index (χ3n) is 5.90. The molecule has 0 spiro atoms. The van der Waals surface area contributed by atoms with Gasteiger partial charge in [0.1, 0.15) is 0 Å². The first kappa shape index (κ1) is 22.1. The molecule has 1 atom stereocenters. The number of hydrogen-bond acceptors (Lipinski definition) is 4. The molecule has 0 saturated heterocycles. The number of aromatic nitrogens is 2. The summed E-state index contributed by atoms with van der Waals surface area (Å²) in [6.45, 7) is 5.61. The zero-order valence-electron chi connectivity index (χ0n) is 18.3.